The molecule has 3 aromatic carbocycles. The highest BCUT2D eigenvalue weighted by Gasteiger charge is 2.43. The smallest absolute Gasteiger partial charge is 0.253 e. The van der Waals surface area contributed by atoms with Gasteiger partial charge in [-0.05, 0) is 48.2 Å². The number of hydrogen-bond acceptors (Lipinski definition) is 4. The summed E-state index contributed by atoms with van der Waals surface area (Å²) in [4.78, 5) is 14.4. The number of hydrogen-bond donors (Lipinski definition) is 0. The lowest BCUT2D eigenvalue weighted by atomic mass is 9.77. The summed E-state index contributed by atoms with van der Waals surface area (Å²) >= 11 is 1.56. The minimum Gasteiger partial charge on any atom is -0.497 e. The van der Waals surface area contributed by atoms with Crippen molar-refractivity contribution in [3.63, 3.8) is 0 Å². The highest BCUT2D eigenvalue weighted by atomic mass is 32.2. The van der Waals surface area contributed by atoms with E-state index in [1.54, 1.807) is 23.9 Å². The molecule has 2 aliphatic rings. The largest absolute Gasteiger partial charge is 0.497 e. The molecule has 0 saturated heterocycles. The number of methoxy groups -OCH3 is 1. The Balaban J connectivity index is 1.47. The Morgan fingerprint density at radius 1 is 1.03 bits per heavy atom. The van der Waals surface area contributed by atoms with Gasteiger partial charge in [-0.3, -0.25) is 4.79 Å². The summed E-state index contributed by atoms with van der Waals surface area (Å²) in [6, 6.07) is 26.5. The molecule has 0 spiro atoms. The number of fused-ring (bicyclic) bond motifs is 3. The molecular weight excluding hydrogens is 404 g/mol. The van der Waals surface area contributed by atoms with E-state index in [4.69, 9.17) is 9.84 Å². The second-order valence-electron chi connectivity index (χ2n) is 7.85. The zero-order valence-corrected chi connectivity index (χ0v) is 18.2. The van der Waals surface area contributed by atoms with Crippen molar-refractivity contribution >= 4 is 23.4 Å². The lowest BCUT2D eigenvalue weighted by Gasteiger charge is -2.29. The van der Waals surface area contributed by atoms with Gasteiger partial charge in [0.05, 0.1) is 24.6 Å². The van der Waals surface area contributed by atoms with Crippen molar-refractivity contribution in [1.82, 2.24) is 5.01 Å². The molecule has 1 heterocycles. The van der Waals surface area contributed by atoms with Gasteiger partial charge >= 0.3 is 0 Å². The molecule has 1 amide bonds. The summed E-state index contributed by atoms with van der Waals surface area (Å²) in [5.41, 5.74) is 4.64. The number of carbonyl (C=O) groups excluding carboxylic acids is 1. The molecule has 1 aliphatic carbocycles. The molecule has 4 nitrogen and oxygen atoms in total. The van der Waals surface area contributed by atoms with E-state index >= 15 is 0 Å². The highest BCUT2D eigenvalue weighted by Crippen LogP contribution is 2.44. The Bertz CT molecular complexity index is 1110. The van der Waals surface area contributed by atoms with Gasteiger partial charge in [-0.1, -0.05) is 54.6 Å². The van der Waals surface area contributed by atoms with Crippen LogP contribution in [0.2, 0.25) is 0 Å². The predicted octanol–water partition coefficient (Wildman–Crippen LogP) is 5.34. The van der Waals surface area contributed by atoms with E-state index in [9.17, 15) is 4.79 Å². The molecule has 0 radical (unpaired) electrons. The fraction of sp³-hybridized carbons (Fsp3) is 0.231. The molecule has 0 saturated carbocycles. The maximum Gasteiger partial charge on any atom is 0.253 e. The molecule has 156 valence electrons. The summed E-state index contributed by atoms with van der Waals surface area (Å²) in [5, 5.41) is 6.66. The molecule has 0 fully saturated rings. The van der Waals surface area contributed by atoms with Crippen molar-refractivity contribution in [3.8, 4) is 5.75 Å². The van der Waals surface area contributed by atoms with Gasteiger partial charge in [0.15, 0.2) is 0 Å². The number of ether oxygens (including phenoxy) is 1. The molecule has 0 N–H and O–H groups in total. The number of carbonyl (C=O) groups is 1. The molecule has 0 unspecified atom stereocenters. The van der Waals surface area contributed by atoms with Gasteiger partial charge in [-0.15, -0.1) is 11.8 Å². The van der Waals surface area contributed by atoms with E-state index in [1.165, 1.54) is 11.1 Å². The topological polar surface area (TPSA) is 41.9 Å². The minimum absolute atomic E-state index is 0.0362. The molecular formula is C26H24N2O2S. The SMILES string of the molecule is COc1ccc([C@@H]2[C@H]3CCc4ccccc4C3=NN2C(=O)CSc2ccccc2)cc1. The molecule has 5 heteroatoms. The van der Waals surface area contributed by atoms with Crippen LogP contribution in [0.3, 0.4) is 0 Å². The number of benzene rings is 3. The van der Waals surface area contributed by atoms with Crippen LogP contribution < -0.4 is 4.74 Å². The number of thioether (sulfide) groups is 1. The number of rotatable bonds is 5. The van der Waals surface area contributed by atoms with E-state index in [1.807, 2.05) is 42.5 Å². The van der Waals surface area contributed by atoms with Gasteiger partial charge < -0.3 is 4.74 Å². The van der Waals surface area contributed by atoms with Gasteiger partial charge in [0, 0.05) is 16.4 Å². The van der Waals surface area contributed by atoms with Crippen LogP contribution in [0, 0.1) is 5.92 Å². The zero-order valence-electron chi connectivity index (χ0n) is 17.4. The molecule has 1 aliphatic heterocycles. The Morgan fingerprint density at radius 3 is 2.55 bits per heavy atom. The number of hydrazone groups is 1. The summed E-state index contributed by atoms with van der Waals surface area (Å²) in [6.07, 6.45) is 2.00. The normalized spacial score (nSPS) is 19.4. The second kappa shape index (κ2) is 8.60. The van der Waals surface area contributed by atoms with E-state index in [-0.39, 0.29) is 17.9 Å². The molecule has 0 aromatic heterocycles. The molecule has 3 aromatic rings. The number of amides is 1. The third kappa shape index (κ3) is 3.86. The molecule has 0 bridgehead atoms. The Labute approximate surface area is 186 Å². The average molecular weight is 429 g/mol. The Hall–Kier alpha value is -3.05. The number of aryl methyl sites for hydroxylation is 1. The van der Waals surface area contributed by atoms with Gasteiger partial charge in [0.1, 0.15) is 5.75 Å². The second-order valence-corrected chi connectivity index (χ2v) is 8.89. The van der Waals surface area contributed by atoms with Crippen molar-refractivity contribution in [3.05, 3.63) is 95.6 Å². The first-order chi connectivity index (χ1) is 15.2. The quantitative estimate of drug-likeness (QED) is 0.515. The summed E-state index contributed by atoms with van der Waals surface area (Å²) in [5.74, 6) is 1.42. The van der Waals surface area contributed by atoms with Crippen LogP contribution in [0.1, 0.15) is 29.2 Å². The summed E-state index contributed by atoms with van der Waals surface area (Å²) in [7, 11) is 1.67. The van der Waals surface area contributed by atoms with Crippen LogP contribution in [-0.2, 0) is 11.2 Å². The fourth-order valence-corrected chi connectivity index (χ4v) is 5.31. The van der Waals surface area contributed by atoms with Gasteiger partial charge in [-0.2, -0.15) is 5.10 Å². The van der Waals surface area contributed by atoms with Crippen molar-refractivity contribution in [2.24, 2.45) is 11.0 Å². The van der Waals surface area contributed by atoms with E-state index in [0.29, 0.717) is 5.75 Å². The van der Waals surface area contributed by atoms with Gasteiger partial charge in [-0.25, -0.2) is 5.01 Å². The summed E-state index contributed by atoms with van der Waals surface area (Å²) in [6.45, 7) is 0. The lowest BCUT2D eigenvalue weighted by molar-refractivity contribution is -0.130. The van der Waals surface area contributed by atoms with Crippen molar-refractivity contribution in [2.45, 2.75) is 23.8 Å². The Kier molecular flexibility index (Phi) is 5.51. The first-order valence-corrected chi connectivity index (χ1v) is 11.5. The maximum atomic E-state index is 13.4. The van der Waals surface area contributed by atoms with Gasteiger partial charge in [0.25, 0.3) is 5.91 Å². The lowest BCUT2D eigenvalue weighted by Crippen LogP contribution is -2.33. The van der Waals surface area contributed by atoms with Crippen LogP contribution in [0.15, 0.2) is 88.9 Å². The van der Waals surface area contributed by atoms with Crippen LogP contribution in [0.25, 0.3) is 0 Å². The minimum atomic E-state index is -0.0851. The van der Waals surface area contributed by atoms with E-state index in [2.05, 4.69) is 36.4 Å². The van der Waals surface area contributed by atoms with Crippen molar-refractivity contribution in [2.75, 3.05) is 12.9 Å². The zero-order chi connectivity index (χ0) is 21.2. The first kappa shape index (κ1) is 19.9. The van der Waals surface area contributed by atoms with Crippen LogP contribution in [0.4, 0.5) is 0 Å². The van der Waals surface area contributed by atoms with E-state index in [0.717, 1.165) is 34.8 Å². The predicted molar refractivity (Wildman–Crippen MR) is 125 cm³/mol. The van der Waals surface area contributed by atoms with Crippen molar-refractivity contribution < 1.29 is 9.53 Å². The first-order valence-electron chi connectivity index (χ1n) is 10.6. The maximum absolute atomic E-state index is 13.4. The van der Waals surface area contributed by atoms with Crippen molar-refractivity contribution in [1.29, 1.82) is 0 Å². The van der Waals surface area contributed by atoms with Crippen LogP contribution in [0.5, 0.6) is 5.75 Å². The Morgan fingerprint density at radius 2 is 1.77 bits per heavy atom. The third-order valence-electron chi connectivity index (χ3n) is 6.05. The van der Waals surface area contributed by atoms with Crippen LogP contribution >= 0.6 is 11.8 Å². The monoisotopic (exact) mass is 428 g/mol. The number of nitrogens with zero attached hydrogens (tertiary/aromatic N) is 2. The average Bonchev–Trinajstić information content (AvgIpc) is 3.23. The van der Waals surface area contributed by atoms with Gasteiger partial charge in [0.2, 0.25) is 0 Å². The summed E-state index contributed by atoms with van der Waals surface area (Å²) < 4.78 is 5.33. The fourth-order valence-electron chi connectivity index (χ4n) is 4.53. The van der Waals surface area contributed by atoms with Crippen LogP contribution in [-0.4, -0.2) is 29.5 Å². The molecule has 5 rings (SSSR count). The highest BCUT2D eigenvalue weighted by molar-refractivity contribution is 8.00. The molecule has 31 heavy (non-hydrogen) atoms. The van der Waals surface area contributed by atoms with E-state index < -0.39 is 0 Å². The standard InChI is InChI=1S/C26H24N2O2S/c1-30-20-14-11-19(12-15-20)26-23-16-13-18-7-5-6-10-22(18)25(23)27-28(26)24(29)17-31-21-8-3-2-4-9-21/h2-12,14-15,23,26H,13,16-17H2,1H3/t23-,26+/m0/s1. The molecule has 2 atom stereocenters. The third-order valence-corrected chi connectivity index (χ3v) is 7.04.